The van der Waals surface area contributed by atoms with Crippen molar-refractivity contribution >= 4 is 19.9 Å². The first-order chi connectivity index (χ1) is 5.06. The molecule has 11 heavy (non-hydrogen) atoms. The highest BCUT2D eigenvalue weighted by atomic mass is 31.2. The van der Waals surface area contributed by atoms with Gasteiger partial charge in [-0.05, 0) is 6.92 Å². The summed E-state index contributed by atoms with van der Waals surface area (Å²) in [5.41, 5.74) is 0. The van der Waals surface area contributed by atoms with E-state index >= 15 is 0 Å². The van der Waals surface area contributed by atoms with Gasteiger partial charge in [0, 0.05) is 5.31 Å². The summed E-state index contributed by atoms with van der Waals surface area (Å²) < 4.78 is 14.2. The Labute approximate surface area is 63.7 Å². The van der Waals surface area contributed by atoms with Crippen molar-refractivity contribution in [2.75, 3.05) is 0 Å². The molecule has 0 aliphatic heterocycles. The Hall–Kier alpha value is -1.18. The largest absolute Gasteiger partial charge is 0.315 e. The van der Waals surface area contributed by atoms with Crippen LogP contribution in [0.1, 0.15) is 6.92 Å². The lowest BCUT2D eigenvalue weighted by Crippen LogP contribution is -2.05. The molecular formula is C5H7N2O3P. The van der Waals surface area contributed by atoms with Gasteiger partial charge in [0.25, 0.3) is 0 Å². The van der Waals surface area contributed by atoms with Crippen LogP contribution in [0, 0.1) is 0 Å². The Balaban J connectivity index is 4.81. The van der Waals surface area contributed by atoms with E-state index in [2.05, 4.69) is 11.3 Å². The van der Waals surface area contributed by atoms with E-state index in [1.165, 1.54) is 6.92 Å². The molecule has 6 heteroatoms. The molecule has 0 fully saturated rings. The van der Waals surface area contributed by atoms with E-state index in [1.54, 1.807) is 0 Å². The van der Waals surface area contributed by atoms with Crippen molar-refractivity contribution in [3.8, 4) is 0 Å². The SMILES string of the molecule is C=C(C)P(=O)(N=C=O)NC=O. The first-order valence-electron chi connectivity index (χ1n) is 2.64. The van der Waals surface area contributed by atoms with Crippen LogP contribution in [0.5, 0.6) is 0 Å². The van der Waals surface area contributed by atoms with Crippen molar-refractivity contribution in [2.45, 2.75) is 6.92 Å². The summed E-state index contributed by atoms with van der Waals surface area (Å²) >= 11 is 0. The zero-order chi connectivity index (χ0) is 8.91. The number of allylic oxidation sites excluding steroid dienone is 1. The number of carbonyl (C=O) groups excluding carboxylic acids is 2. The average molecular weight is 174 g/mol. The fourth-order valence-corrected chi connectivity index (χ4v) is 1.06. The second-order valence-corrected chi connectivity index (χ2v) is 4.12. The van der Waals surface area contributed by atoms with Crippen molar-refractivity contribution in [1.82, 2.24) is 5.09 Å². The van der Waals surface area contributed by atoms with E-state index < -0.39 is 7.44 Å². The summed E-state index contributed by atoms with van der Waals surface area (Å²) in [4.78, 5) is 19.6. The number of nitrogens with one attached hydrogen (secondary N) is 1. The molecule has 0 saturated heterocycles. The van der Waals surface area contributed by atoms with Crippen LogP contribution >= 0.6 is 7.44 Å². The Morgan fingerprint density at radius 1 is 1.82 bits per heavy atom. The predicted octanol–water partition coefficient (Wildman–Crippen LogP) is 0.795. The standard InChI is InChI=1S/C5H7N2O3P/c1-5(2)11(10,6-3-8)7-4-9/h3H,1H2,2H3,(H,6,8,10). The summed E-state index contributed by atoms with van der Waals surface area (Å²) in [5, 5.41) is 2.04. The maximum absolute atomic E-state index is 11.2. The van der Waals surface area contributed by atoms with Gasteiger partial charge in [-0.15, -0.1) is 4.76 Å². The van der Waals surface area contributed by atoms with Gasteiger partial charge < -0.3 is 0 Å². The van der Waals surface area contributed by atoms with Gasteiger partial charge in [-0.2, -0.15) is 0 Å². The van der Waals surface area contributed by atoms with Crippen LogP contribution in [0.3, 0.4) is 0 Å². The van der Waals surface area contributed by atoms with E-state index in [4.69, 9.17) is 0 Å². The number of isocyanates is 1. The van der Waals surface area contributed by atoms with Crippen molar-refractivity contribution in [3.05, 3.63) is 11.9 Å². The molecule has 0 aliphatic carbocycles. The smallest absolute Gasteiger partial charge is 0.288 e. The van der Waals surface area contributed by atoms with Crippen LogP contribution in [0.15, 0.2) is 16.7 Å². The van der Waals surface area contributed by atoms with Crippen molar-refractivity contribution in [2.24, 2.45) is 4.76 Å². The molecule has 0 spiro atoms. The van der Waals surface area contributed by atoms with E-state index in [0.29, 0.717) is 0 Å². The molecule has 1 N–H and O–H groups in total. The number of nitrogens with zero attached hydrogens (tertiary/aromatic N) is 1. The molecule has 0 rings (SSSR count). The maximum Gasteiger partial charge on any atom is 0.315 e. The van der Waals surface area contributed by atoms with E-state index in [9.17, 15) is 14.2 Å². The molecule has 0 heterocycles. The van der Waals surface area contributed by atoms with Gasteiger partial charge in [-0.3, -0.25) is 14.4 Å². The average Bonchev–Trinajstić information content (AvgIpc) is 1.88. The predicted molar refractivity (Wildman–Crippen MR) is 39.7 cm³/mol. The second-order valence-electron chi connectivity index (χ2n) is 1.75. The Morgan fingerprint density at radius 3 is 2.64 bits per heavy atom. The fourth-order valence-electron chi connectivity index (χ4n) is 0.353. The van der Waals surface area contributed by atoms with Gasteiger partial charge in [-0.1, -0.05) is 6.58 Å². The summed E-state index contributed by atoms with van der Waals surface area (Å²) in [6.07, 6.45) is 1.31. The lowest BCUT2D eigenvalue weighted by molar-refractivity contribution is -0.108. The highest BCUT2D eigenvalue weighted by molar-refractivity contribution is 7.65. The van der Waals surface area contributed by atoms with Crippen molar-refractivity contribution in [3.63, 3.8) is 0 Å². The maximum atomic E-state index is 11.2. The minimum absolute atomic E-state index is 0.132. The first kappa shape index (κ1) is 9.82. The molecule has 1 atom stereocenters. The molecule has 0 saturated carbocycles. The third kappa shape index (κ3) is 2.50. The molecule has 5 nitrogen and oxygen atoms in total. The van der Waals surface area contributed by atoms with Crippen LogP contribution in [0.2, 0.25) is 0 Å². The van der Waals surface area contributed by atoms with Gasteiger partial charge in [0.2, 0.25) is 12.5 Å². The molecule has 0 aromatic heterocycles. The number of hydrogen-bond donors (Lipinski definition) is 1. The summed E-state index contributed by atoms with van der Waals surface area (Å²) in [6.45, 7) is 4.71. The Kier molecular flexibility index (Phi) is 3.45. The number of amides is 1. The molecule has 0 aromatic carbocycles. The Morgan fingerprint density at radius 2 is 2.36 bits per heavy atom. The van der Waals surface area contributed by atoms with Crippen LogP contribution in [-0.4, -0.2) is 12.5 Å². The van der Waals surface area contributed by atoms with Crippen LogP contribution < -0.4 is 5.09 Å². The molecule has 0 aliphatic rings. The monoisotopic (exact) mass is 174 g/mol. The first-order valence-corrected chi connectivity index (χ1v) is 4.30. The van der Waals surface area contributed by atoms with E-state index in [-0.39, 0.29) is 11.7 Å². The minimum atomic E-state index is -3.40. The molecule has 0 aromatic rings. The minimum Gasteiger partial charge on any atom is -0.288 e. The third-order valence-electron chi connectivity index (χ3n) is 0.927. The van der Waals surface area contributed by atoms with Gasteiger partial charge in [0.1, 0.15) is 0 Å². The lowest BCUT2D eigenvalue weighted by Gasteiger charge is -2.07. The van der Waals surface area contributed by atoms with Gasteiger partial charge in [0.05, 0.1) is 0 Å². The second kappa shape index (κ2) is 3.86. The fraction of sp³-hybridized carbons (Fsp3) is 0.200. The molecule has 1 unspecified atom stereocenters. The molecule has 1 amide bonds. The van der Waals surface area contributed by atoms with Gasteiger partial charge in [0.15, 0.2) is 0 Å². The number of rotatable bonds is 4. The summed E-state index contributed by atoms with van der Waals surface area (Å²) in [6, 6.07) is 0. The molecule has 60 valence electrons. The normalized spacial score (nSPS) is 13.9. The van der Waals surface area contributed by atoms with Crippen molar-refractivity contribution in [1.29, 1.82) is 0 Å². The van der Waals surface area contributed by atoms with Crippen LogP contribution in [-0.2, 0) is 14.2 Å². The zero-order valence-corrected chi connectivity index (χ0v) is 6.80. The number of hydrogen-bond acceptors (Lipinski definition) is 3. The number of carbonyl (C=O) groups is 1. The topological polar surface area (TPSA) is 75.6 Å². The van der Waals surface area contributed by atoms with E-state index in [1.807, 2.05) is 5.09 Å². The lowest BCUT2D eigenvalue weighted by atomic mass is 10.8. The van der Waals surface area contributed by atoms with Gasteiger partial charge >= 0.3 is 7.44 Å². The highest BCUT2D eigenvalue weighted by Gasteiger charge is 2.20. The highest BCUT2D eigenvalue weighted by Crippen LogP contribution is 2.48. The van der Waals surface area contributed by atoms with Gasteiger partial charge in [-0.25, -0.2) is 4.79 Å². The molecule has 0 bridgehead atoms. The summed E-state index contributed by atoms with van der Waals surface area (Å²) in [7, 11) is -3.40. The third-order valence-corrected chi connectivity index (χ3v) is 2.78. The quantitative estimate of drug-likeness (QED) is 0.296. The van der Waals surface area contributed by atoms with Crippen molar-refractivity contribution < 1.29 is 14.2 Å². The molecule has 0 radical (unpaired) electrons. The zero-order valence-electron chi connectivity index (χ0n) is 5.90. The van der Waals surface area contributed by atoms with E-state index in [0.717, 1.165) is 6.08 Å². The summed E-state index contributed by atoms with van der Waals surface area (Å²) in [5.74, 6) is 0. The molecular weight excluding hydrogens is 167 g/mol. The Bertz CT molecular complexity index is 261. The van der Waals surface area contributed by atoms with Crippen LogP contribution in [0.4, 0.5) is 0 Å². The van der Waals surface area contributed by atoms with Crippen LogP contribution in [0.25, 0.3) is 0 Å².